The van der Waals surface area contributed by atoms with Crippen LogP contribution < -0.4 is 15.7 Å². The minimum Gasteiger partial charge on any atom is -0.484 e. The molecular formula is C17H15N3O4S. The molecule has 0 atom stereocenters. The Kier molecular flexibility index (Phi) is 4.62. The molecule has 0 spiro atoms. The number of rotatable bonds is 5. The van der Waals surface area contributed by atoms with E-state index in [0.29, 0.717) is 27.4 Å². The van der Waals surface area contributed by atoms with Gasteiger partial charge >= 0.3 is 0 Å². The Bertz CT molecular complexity index is 1000. The third kappa shape index (κ3) is 3.58. The van der Waals surface area contributed by atoms with E-state index >= 15 is 0 Å². The van der Waals surface area contributed by atoms with Gasteiger partial charge in [0.1, 0.15) is 16.4 Å². The highest BCUT2D eigenvalue weighted by Gasteiger charge is 2.12. The van der Waals surface area contributed by atoms with Gasteiger partial charge < -0.3 is 4.74 Å². The first-order chi connectivity index (χ1) is 12.0. The van der Waals surface area contributed by atoms with Crippen molar-refractivity contribution in [1.29, 1.82) is 0 Å². The maximum atomic E-state index is 12.4. The number of carbonyl (C=O) groups excluding carboxylic acids is 2. The summed E-state index contributed by atoms with van der Waals surface area (Å²) in [7, 11) is 0. The first-order valence-corrected chi connectivity index (χ1v) is 8.34. The number of nitrogens with zero attached hydrogens (tertiary/aromatic N) is 2. The van der Waals surface area contributed by atoms with E-state index in [-0.39, 0.29) is 17.9 Å². The van der Waals surface area contributed by atoms with Gasteiger partial charge in [0.25, 0.3) is 11.5 Å². The fraction of sp³-hybridized carbons (Fsp3) is 0.176. The van der Waals surface area contributed by atoms with Crippen LogP contribution in [0.4, 0.5) is 0 Å². The molecule has 1 N–H and O–H groups in total. The van der Waals surface area contributed by atoms with Gasteiger partial charge in [-0.1, -0.05) is 0 Å². The fourth-order valence-electron chi connectivity index (χ4n) is 2.24. The van der Waals surface area contributed by atoms with Gasteiger partial charge in [0.2, 0.25) is 0 Å². The largest absolute Gasteiger partial charge is 0.484 e. The van der Waals surface area contributed by atoms with E-state index in [1.54, 1.807) is 42.6 Å². The Hall–Kier alpha value is -3.00. The molecule has 2 heterocycles. The standard InChI is InChI=1S/C17H15N3O4S/c1-10(21)12-3-5-13(6-4-12)24-9-15(22)19-20-11(2)18-16-14(17(20)23)7-8-25-16/h3-8H,9H2,1-2H3,(H,19,22). The van der Waals surface area contributed by atoms with Crippen molar-refractivity contribution in [1.82, 2.24) is 9.66 Å². The number of nitrogens with one attached hydrogen (secondary N) is 1. The maximum absolute atomic E-state index is 12.4. The van der Waals surface area contributed by atoms with E-state index in [9.17, 15) is 14.4 Å². The van der Waals surface area contributed by atoms with Gasteiger partial charge in [-0.05, 0) is 49.6 Å². The van der Waals surface area contributed by atoms with Crippen LogP contribution in [0.1, 0.15) is 23.1 Å². The number of benzene rings is 1. The van der Waals surface area contributed by atoms with Crippen molar-refractivity contribution in [3.63, 3.8) is 0 Å². The van der Waals surface area contributed by atoms with Crippen molar-refractivity contribution in [2.75, 3.05) is 12.0 Å². The molecular weight excluding hydrogens is 342 g/mol. The number of ketones is 1. The molecule has 0 saturated heterocycles. The third-order valence-electron chi connectivity index (χ3n) is 3.53. The SMILES string of the molecule is CC(=O)c1ccc(OCC(=O)Nn2c(C)nc3sccc3c2=O)cc1. The van der Waals surface area contributed by atoms with Crippen LogP contribution in [-0.4, -0.2) is 28.0 Å². The molecule has 2 aromatic heterocycles. The van der Waals surface area contributed by atoms with E-state index in [1.165, 1.54) is 18.3 Å². The van der Waals surface area contributed by atoms with Gasteiger partial charge in [0.15, 0.2) is 12.4 Å². The fourth-order valence-corrected chi connectivity index (χ4v) is 3.04. The molecule has 0 aliphatic heterocycles. The lowest BCUT2D eigenvalue weighted by Crippen LogP contribution is -2.37. The minimum absolute atomic E-state index is 0.0459. The number of hydrogen-bond donors (Lipinski definition) is 1. The first kappa shape index (κ1) is 16.8. The molecule has 1 amide bonds. The van der Waals surface area contributed by atoms with E-state index in [0.717, 1.165) is 4.68 Å². The summed E-state index contributed by atoms with van der Waals surface area (Å²) in [6.07, 6.45) is 0. The zero-order valence-electron chi connectivity index (χ0n) is 13.6. The monoisotopic (exact) mass is 357 g/mol. The Morgan fingerprint density at radius 1 is 1.24 bits per heavy atom. The highest BCUT2D eigenvalue weighted by Crippen LogP contribution is 2.15. The zero-order chi connectivity index (χ0) is 18.0. The molecule has 8 heteroatoms. The van der Waals surface area contributed by atoms with Crippen molar-refractivity contribution in [2.45, 2.75) is 13.8 Å². The highest BCUT2D eigenvalue weighted by molar-refractivity contribution is 7.16. The molecule has 0 aliphatic rings. The Balaban J connectivity index is 1.68. The smallest absolute Gasteiger partial charge is 0.281 e. The van der Waals surface area contributed by atoms with Crippen molar-refractivity contribution in [2.24, 2.45) is 0 Å². The van der Waals surface area contributed by atoms with Crippen LogP contribution in [0, 0.1) is 6.92 Å². The normalized spacial score (nSPS) is 10.6. The predicted octanol–water partition coefficient (Wildman–Crippen LogP) is 2.12. The van der Waals surface area contributed by atoms with E-state index in [4.69, 9.17) is 4.74 Å². The second-order valence-corrected chi connectivity index (χ2v) is 6.24. The van der Waals surface area contributed by atoms with Gasteiger partial charge in [-0.25, -0.2) is 9.66 Å². The zero-order valence-corrected chi connectivity index (χ0v) is 14.4. The number of Topliss-reactive ketones (excluding diaryl/α,β-unsaturated/α-hetero) is 1. The van der Waals surface area contributed by atoms with E-state index in [1.807, 2.05) is 0 Å². The maximum Gasteiger partial charge on any atom is 0.281 e. The van der Waals surface area contributed by atoms with Crippen LogP contribution >= 0.6 is 11.3 Å². The molecule has 0 saturated carbocycles. The molecule has 0 fully saturated rings. The van der Waals surface area contributed by atoms with Crippen LogP contribution in [0.15, 0.2) is 40.5 Å². The second kappa shape index (κ2) is 6.86. The number of aromatic nitrogens is 2. The van der Waals surface area contributed by atoms with Crippen LogP contribution in [0.3, 0.4) is 0 Å². The molecule has 7 nitrogen and oxygen atoms in total. The summed E-state index contributed by atoms with van der Waals surface area (Å²) in [4.78, 5) is 40.6. The minimum atomic E-state index is -0.489. The lowest BCUT2D eigenvalue weighted by Gasteiger charge is -2.11. The topological polar surface area (TPSA) is 90.3 Å². The third-order valence-corrected chi connectivity index (χ3v) is 4.34. The predicted molar refractivity (Wildman–Crippen MR) is 94.9 cm³/mol. The molecule has 25 heavy (non-hydrogen) atoms. The summed E-state index contributed by atoms with van der Waals surface area (Å²) in [5.74, 6) is 0.308. The van der Waals surface area contributed by atoms with E-state index in [2.05, 4.69) is 10.4 Å². The van der Waals surface area contributed by atoms with Crippen molar-refractivity contribution in [3.8, 4) is 5.75 Å². The van der Waals surface area contributed by atoms with Crippen molar-refractivity contribution < 1.29 is 14.3 Å². The van der Waals surface area contributed by atoms with Crippen LogP contribution in [0.25, 0.3) is 10.2 Å². The Morgan fingerprint density at radius 3 is 2.64 bits per heavy atom. The molecule has 0 bridgehead atoms. The van der Waals surface area contributed by atoms with Crippen LogP contribution in [-0.2, 0) is 4.79 Å². The van der Waals surface area contributed by atoms with Gasteiger partial charge in [0.05, 0.1) is 5.39 Å². The number of thiophene rings is 1. The molecule has 128 valence electrons. The average Bonchev–Trinajstić information content (AvgIpc) is 3.05. The number of ether oxygens (including phenoxy) is 1. The number of hydrogen-bond acceptors (Lipinski definition) is 6. The number of fused-ring (bicyclic) bond motifs is 1. The van der Waals surface area contributed by atoms with Gasteiger partial charge in [-0.2, -0.15) is 0 Å². The average molecular weight is 357 g/mol. The van der Waals surface area contributed by atoms with Crippen LogP contribution in [0.5, 0.6) is 5.75 Å². The van der Waals surface area contributed by atoms with Gasteiger partial charge in [0, 0.05) is 5.56 Å². The summed E-state index contributed by atoms with van der Waals surface area (Å²) in [6.45, 7) is 2.84. The quantitative estimate of drug-likeness (QED) is 0.707. The van der Waals surface area contributed by atoms with E-state index < -0.39 is 5.91 Å². The summed E-state index contributed by atoms with van der Waals surface area (Å²) in [5.41, 5.74) is 2.72. The second-order valence-electron chi connectivity index (χ2n) is 5.34. The number of aryl methyl sites for hydroxylation is 1. The van der Waals surface area contributed by atoms with Crippen molar-refractivity contribution >= 4 is 33.2 Å². The molecule has 0 unspecified atom stereocenters. The van der Waals surface area contributed by atoms with Gasteiger partial charge in [-0.3, -0.25) is 19.8 Å². The highest BCUT2D eigenvalue weighted by atomic mass is 32.1. The Labute approximate surface area is 146 Å². The summed E-state index contributed by atoms with van der Waals surface area (Å²) in [5, 5.41) is 2.23. The molecule has 3 rings (SSSR count). The molecule has 1 aromatic carbocycles. The number of carbonyl (C=O) groups is 2. The lowest BCUT2D eigenvalue weighted by atomic mass is 10.1. The Morgan fingerprint density at radius 2 is 1.96 bits per heavy atom. The van der Waals surface area contributed by atoms with Gasteiger partial charge in [-0.15, -0.1) is 11.3 Å². The lowest BCUT2D eigenvalue weighted by molar-refractivity contribution is -0.119. The van der Waals surface area contributed by atoms with Crippen molar-refractivity contribution in [3.05, 3.63) is 57.5 Å². The summed E-state index contributed by atoms with van der Waals surface area (Å²) < 4.78 is 6.48. The molecule has 0 radical (unpaired) electrons. The summed E-state index contributed by atoms with van der Waals surface area (Å²) >= 11 is 1.37. The summed E-state index contributed by atoms with van der Waals surface area (Å²) in [6, 6.07) is 8.14. The first-order valence-electron chi connectivity index (χ1n) is 7.46. The van der Waals surface area contributed by atoms with Crippen LogP contribution in [0.2, 0.25) is 0 Å². The molecule has 0 aliphatic carbocycles. The molecule has 3 aromatic rings. The number of amides is 1.